The average Bonchev–Trinajstić information content (AvgIpc) is 3.05. The highest BCUT2D eigenvalue weighted by molar-refractivity contribution is 8.18. The maximum absolute atomic E-state index is 12.7. The van der Waals surface area contributed by atoms with E-state index in [1.807, 2.05) is 18.2 Å². The molecule has 0 spiro atoms. The highest BCUT2D eigenvalue weighted by Gasteiger charge is 2.34. The molecule has 2 aliphatic rings. The van der Waals surface area contributed by atoms with E-state index in [1.165, 1.54) is 4.90 Å². The summed E-state index contributed by atoms with van der Waals surface area (Å²) >= 11 is 0.947. The van der Waals surface area contributed by atoms with Crippen LogP contribution in [0.3, 0.4) is 0 Å². The van der Waals surface area contributed by atoms with Crippen LogP contribution in [0.2, 0.25) is 0 Å². The lowest BCUT2D eigenvalue weighted by molar-refractivity contribution is -0.122. The number of hydrogen-bond acceptors (Lipinski definition) is 8. The van der Waals surface area contributed by atoms with E-state index in [9.17, 15) is 9.59 Å². The number of carbonyl (C=O) groups is 2. The van der Waals surface area contributed by atoms with Gasteiger partial charge in [-0.3, -0.25) is 19.5 Å². The molecule has 4 rings (SSSR count). The third-order valence-corrected chi connectivity index (χ3v) is 6.27. The van der Waals surface area contributed by atoms with Gasteiger partial charge in [-0.1, -0.05) is 6.07 Å². The van der Waals surface area contributed by atoms with Crippen molar-refractivity contribution in [3.63, 3.8) is 0 Å². The normalized spacial score (nSPS) is 19.2. The third-order valence-electron chi connectivity index (χ3n) is 5.37. The molecule has 0 radical (unpaired) electrons. The van der Waals surface area contributed by atoms with E-state index in [0.717, 1.165) is 43.4 Å². The molecule has 4 heterocycles. The van der Waals surface area contributed by atoms with Gasteiger partial charge in [0.15, 0.2) is 0 Å². The molecule has 0 atom stereocenters. The molecule has 0 aromatic carbocycles. The van der Waals surface area contributed by atoms with Crippen molar-refractivity contribution in [2.75, 3.05) is 31.1 Å². The topological polar surface area (TPSA) is 105 Å². The Labute approximate surface area is 179 Å². The quantitative estimate of drug-likeness (QED) is 0.705. The summed E-state index contributed by atoms with van der Waals surface area (Å²) in [5, 5.41) is -0.264. The minimum atomic E-state index is -0.287. The monoisotopic (exact) mass is 424 g/mol. The van der Waals surface area contributed by atoms with Crippen molar-refractivity contribution in [1.29, 1.82) is 0 Å². The second-order valence-corrected chi connectivity index (χ2v) is 8.35. The van der Waals surface area contributed by atoms with E-state index in [0.29, 0.717) is 42.0 Å². The minimum Gasteiger partial charge on any atom is -0.341 e. The van der Waals surface area contributed by atoms with E-state index in [1.54, 1.807) is 24.5 Å². The molecular weight excluding hydrogens is 400 g/mol. The number of thioether (sulfide) groups is 1. The van der Waals surface area contributed by atoms with Crippen LogP contribution >= 0.6 is 11.8 Å². The second kappa shape index (κ2) is 9.36. The lowest BCUT2D eigenvalue weighted by atomic mass is 9.97. The molecule has 2 N–H and O–H groups in total. The SMILES string of the molecule is NCC1CCN(c2nccc(/C=C3/SC(=O)N(CCc4ccccn4)C3=O)n2)CC1. The van der Waals surface area contributed by atoms with Crippen LogP contribution in [0.5, 0.6) is 0 Å². The summed E-state index contributed by atoms with van der Waals surface area (Å²) < 4.78 is 0. The first-order valence-electron chi connectivity index (χ1n) is 10.1. The van der Waals surface area contributed by atoms with Gasteiger partial charge in [0.05, 0.1) is 10.6 Å². The minimum absolute atomic E-state index is 0.264. The molecule has 2 saturated heterocycles. The standard InChI is InChI=1S/C21H24N6O2S/c22-14-15-5-10-26(11-6-15)20-24-9-4-17(25-20)13-18-19(28)27(21(29)30-18)12-7-16-3-1-2-8-23-16/h1-4,8-9,13,15H,5-7,10-12,14,22H2/b18-13+. The molecule has 156 valence electrons. The van der Waals surface area contributed by atoms with Crippen molar-refractivity contribution in [2.24, 2.45) is 11.7 Å². The number of hydrogen-bond donors (Lipinski definition) is 1. The van der Waals surface area contributed by atoms with Crippen LogP contribution in [0.25, 0.3) is 6.08 Å². The van der Waals surface area contributed by atoms with Crippen molar-refractivity contribution >= 4 is 34.9 Å². The van der Waals surface area contributed by atoms with E-state index in [4.69, 9.17) is 5.73 Å². The van der Waals surface area contributed by atoms with Crippen LogP contribution in [0.4, 0.5) is 10.7 Å². The fourth-order valence-corrected chi connectivity index (χ4v) is 4.41. The Morgan fingerprint density at radius 1 is 1.13 bits per heavy atom. The summed E-state index contributed by atoms with van der Waals surface area (Å²) in [6.45, 7) is 2.76. The Hall–Kier alpha value is -2.78. The van der Waals surface area contributed by atoms with E-state index >= 15 is 0 Å². The van der Waals surface area contributed by atoms with Gasteiger partial charge in [0.1, 0.15) is 0 Å². The molecule has 8 nitrogen and oxygen atoms in total. The van der Waals surface area contributed by atoms with Crippen LogP contribution < -0.4 is 10.6 Å². The zero-order chi connectivity index (χ0) is 20.9. The van der Waals surface area contributed by atoms with Crippen LogP contribution in [-0.2, 0) is 11.2 Å². The molecular formula is C21H24N6O2S. The average molecular weight is 425 g/mol. The first-order chi connectivity index (χ1) is 14.6. The Bertz CT molecular complexity index is 944. The van der Waals surface area contributed by atoms with Gasteiger partial charge in [-0.2, -0.15) is 0 Å². The smallest absolute Gasteiger partial charge is 0.293 e. The predicted octanol–water partition coefficient (Wildman–Crippen LogP) is 2.33. The first-order valence-corrected chi connectivity index (χ1v) is 10.9. The molecule has 2 amide bonds. The Morgan fingerprint density at radius 2 is 1.97 bits per heavy atom. The highest BCUT2D eigenvalue weighted by Crippen LogP contribution is 2.32. The number of nitrogens with two attached hydrogens (primary N) is 1. The summed E-state index contributed by atoms with van der Waals surface area (Å²) in [6.07, 6.45) is 7.65. The van der Waals surface area contributed by atoms with Gasteiger partial charge in [0.2, 0.25) is 5.95 Å². The summed E-state index contributed by atoms with van der Waals surface area (Å²) in [5.74, 6) is 0.917. The van der Waals surface area contributed by atoms with Crippen molar-refractivity contribution < 1.29 is 9.59 Å². The number of rotatable bonds is 6. The molecule has 2 aliphatic heterocycles. The number of imide groups is 1. The molecule has 30 heavy (non-hydrogen) atoms. The second-order valence-electron chi connectivity index (χ2n) is 7.35. The maximum Gasteiger partial charge on any atom is 0.293 e. The molecule has 0 unspecified atom stereocenters. The number of aromatic nitrogens is 3. The number of amides is 2. The maximum atomic E-state index is 12.7. The molecule has 9 heteroatoms. The van der Waals surface area contributed by atoms with E-state index in [-0.39, 0.29) is 11.1 Å². The highest BCUT2D eigenvalue weighted by atomic mass is 32.2. The molecule has 2 fully saturated rings. The first kappa shape index (κ1) is 20.5. The van der Waals surface area contributed by atoms with Gasteiger partial charge in [-0.05, 0) is 61.3 Å². The lowest BCUT2D eigenvalue weighted by Gasteiger charge is -2.31. The molecule has 0 saturated carbocycles. The fraction of sp³-hybridized carbons (Fsp3) is 0.381. The molecule has 0 bridgehead atoms. The van der Waals surface area contributed by atoms with Crippen LogP contribution in [0.15, 0.2) is 41.6 Å². The van der Waals surface area contributed by atoms with Gasteiger partial charge in [0.25, 0.3) is 11.1 Å². The predicted molar refractivity (Wildman–Crippen MR) is 117 cm³/mol. The molecule has 2 aromatic heterocycles. The van der Waals surface area contributed by atoms with E-state index < -0.39 is 0 Å². The van der Waals surface area contributed by atoms with E-state index in [2.05, 4.69) is 19.9 Å². The van der Waals surface area contributed by atoms with Crippen LogP contribution in [0.1, 0.15) is 24.2 Å². The number of nitrogens with zero attached hydrogens (tertiary/aromatic N) is 5. The fourth-order valence-electron chi connectivity index (χ4n) is 3.56. The Morgan fingerprint density at radius 3 is 2.70 bits per heavy atom. The molecule has 0 aliphatic carbocycles. The summed E-state index contributed by atoms with van der Waals surface area (Å²) in [4.78, 5) is 42.1. The van der Waals surface area contributed by atoms with Crippen LogP contribution in [0, 0.1) is 5.92 Å². The Balaban J connectivity index is 1.43. The van der Waals surface area contributed by atoms with Gasteiger partial charge >= 0.3 is 0 Å². The summed E-state index contributed by atoms with van der Waals surface area (Å²) in [7, 11) is 0. The van der Waals surface area contributed by atoms with Gasteiger partial charge < -0.3 is 10.6 Å². The zero-order valence-electron chi connectivity index (χ0n) is 16.6. The Kier molecular flexibility index (Phi) is 6.39. The van der Waals surface area contributed by atoms with Crippen molar-refractivity contribution in [3.8, 4) is 0 Å². The van der Waals surface area contributed by atoms with Gasteiger partial charge in [-0.15, -0.1) is 0 Å². The zero-order valence-corrected chi connectivity index (χ0v) is 17.4. The number of carbonyl (C=O) groups excluding carboxylic acids is 2. The largest absolute Gasteiger partial charge is 0.341 e. The van der Waals surface area contributed by atoms with Crippen LogP contribution in [-0.4, -0.2) is 57.2 Å². The van der Waals surface area contributed by atoms with Crippen molar-refractivity contribution in [2.45, 2.75) is 19.3 Å². The number of anilines is 1. The van der Waals surface area contributed by atoms with Crippen molar-refractivity contribution in [1.82, 2.24) is 19.9 Å². The summed E-state index contributed by atoms with van der Waals surface area (Å²) in [5.41, 5.74) is 7.23. The number of pyridine rings is 1. The lowest BCUT2D eigenvalue weighted by Crippen LogP contribution is -2.37. The van der Waals surface area contributed by atoms with Crippen molar-refractivity contribution in [3.05, 3.63) is 53.0 Å². The molecule has 2 aromatic rings. The third kappa shape index (κ3) is 4.68. The number of piperidine rings is 1. The van der Waals surface area contributed by atoms with Gasteiger partial charge in [-0.25, -0.2) is 9.97 Å². The summed E-state index contributed by atoms with van der Waals surface area (Å²) in [6, 6.07) is 7.36. The van der Waals surface area contributed by atoms with Gasteiger partial charge in [0, 0.05) is 44.1 Å².